The van der Waals surface area contributed by atoms with E-state index in [1.165, 1.54) is 18.2 Å². The van der Waals surface area contributed by atoms with E-state index in [1.54, 1.807) is 6.07 Å². The van der Waals surface area contributed by atoms with Crippen molar-refractivity contribution in [3.05, 3.63) is 35.6 Å². The van der Waals surface area contributed by atoms with Crippen molar-refractivity contribution in [3.8, 4) is 0 Å². The molecule has 1 aromatic rings. The van der Waals surface area contributed by atoms with Gasteiger partial charge in [-0.15, -0.1) is 0 Å². The Kier molecular flexibility index (Phi) is 3.83. The van der Waals surface area contributed by atoms with Crippen molar-refractivity contribution >= 4 is 58.0 Å². The lowest BCUT2D eigenvalue weighted by molar-refractivity contribution is 0.599. The molecule has 0 bridgehead atoms. The molecule has 0 spiro atoms. The second-order valence-corrected chi connectivity index (χ2v) is 6.16. The van der Waals surface area contributed by atoms with Crippen LogP contribution in [0.3, 0.4) is 0 Å². The van der Waals surface area contributed by atoms with Crippen molar-refractivity contribution in [3.63, 3.8) is 0 Å². The van der Waals surface area contributed by atoms with Gasteiger partial charge in [-0.05, 0) is 6.07 Å². The number of rotatable bonds is 1. The Morgan fingerprint density at radius 3 is 1.86 bits per heavy atom. The molecule has 0 radical (unpaired) electrons. The predicted molar refractivity (Wildman–Crippen MR) is 60.1 cm³/mol. The fraction of sp³-hybridized carbons (Fsp3) is 0.250. The quantitative estimate of drug-likeness (QED) is 0.651. The molecule has 0 aliphatic heterocycles. The zero-order valence-electron chi connectivity index (χ0n) is 6.58. The number of hydrogen-bond donors (Lipinski definition) is 0. The zero-order valence-corrected chi connectivity index (χ0v) is 10.4. The minimum Gasteiger partial charge on any atom is -0.207 e. The molecule has 0 aliphatic carbocycles. The van der Waals surface area contributed by atoms with Crippen molar-refractivity contribution in [2.75, 3.05) is 0 Å². The first-order valence-electron chi connectivity index (χ1n) is 3.46. The van der Waals surface area contributed by atoms with Crippen LogP contribution in [0.4, 0.5) is 4.39 Å². The SMILES string of the molecule is Fc1ccccc1C(Cl)(Cl)C(Cl)(Cl)Cl. The fourth-order valence-electron chi connectivity index (χ4n) is 0.869. The summed E-state index contributed by atoms with van der Waals surface area (Å²) in [7, 11) is 0. The molecule has 1 aromatic carbocycles. The lowest BCUT2D eigenvalue weighted by Crippen LogP contribution is -2.29. The van der Waals surface area contributed by atoms with Crippen molar-refractivity contribution in [1.29, 1.82) is 0 Å². The Bertz CT molecular complexity index is 331. The van der Waals surface area contributed by atoms with E-state index in [0.29, 0.717) is 0 Å². The van der Waals surface area contributed by atoms with Crippen LogP contribution in [-0.2, 0) is 4.33 Å². The summed E-state index contributed by atoms with van der Waals surface area (Å²) in [6.07, 6.45) is 0. The molecular weight excluding hydrogens is 292 g/mol. The van der Waals surface area contributed by atoms with Crippen molar-refractivity contribution in [1.82, 2.24) is 0 Å². The largest absolute Gasteiger partial charge is 0.227 e. The summed E-state index contributed by atoms with van der Waals surface area (Å²) >= 11 is 28.1. The van der Waals surface area contributed by atoms with Gasteiger partial charge in [0.2, 0.25) is 3.79 Å². The van der Waals surface area contributed by atoms with Crippen molar-refractivity contribution in [2.45, 2.75) is 8.13 Å². The van der Waals surface area contributed by atoms with Gasteiger partial charge in [0.05, 0.1) is 0 Å². The second-order valence-electron chi connectivity index (χ2n) is 2.55. The van der Waals surface area contributed by atoms with Gasteiger partial charge in [0.25, 0.3) is 0 Å². The molecule has 0 heterocycles. The van der Waals surface area contributed by atoms with Gasteiger partial charge in [0.15, 0.2) is 4.33 Å². The monoisotopic (exact) mass is 294 g/mol. The van der Waals surface area contributed by atoms with E-state index in [0.717, 1.165) is 0 Å². The van der Waals surface area contributed by atoms with Crippen LogP contribution in [0.5, 0.6) is 0 Å². The van der Waals surface area contributed by atoms with E-state index >= 15 is 0 Å². The van der Waals surface area contributed by atoms with E-state index in [9.17, 15) is 4.39 Å². The Morgan fingerprint density at radius 2 is 1.43 bits per heavy atom. The third-order valence-corrected chi connectivity index (χ3v) is 3.97. The van der Waals surface area contributed by atoms with E-state index in [1.807, 2.05) is 0 Å². The maximum atomic E-state index is 13.3. The standard InChI is InChI=1S/C8H4Cl5F/c9-7(10,8(11,12)13)5-3-1-2-4-6(5)14/h1-4H. The molecule has 0 aliphatic rings. The topological polar surface area (TPSA) is 0 Å². The molecule has 0 nitrogen and oxygen atoms in total. The molecule has 0 atom stereocenters. The number of hydrogen-bond acceptors (Lipinski definition) is 0. The zero-order chi connectivity index (χ0) is 11.0. The highest BCUT2D eigenvalue weighted by molar-refractivity contribution is 6.75. The summed E-state index contributed by atoms with van der Waals surface area (Å²) in [6.45, 7) is 0. The summed E-state index contributed by atoms with van der Waals surface area (Å²) < 4.78 is 9.36. The summed E-state index contributed by atoms with van der Waals surface area (Å²) in [5, 5.41) is 0. The van der Waals surface area contributed by atoms with Gasteiger partial charge in [-0.2, -0.15) is 0 Å². The Labute approximate surface area is 106 Å². The van der Waals surface area contributed by atoms with Crippen LogP contribution < -0.4 is 0 Å². The minimum absolute atomic E-state index is 0.0664. The third-order valence-electron chi connectivity index (χ3n) is 1.57. The molecule has 0 saturated heterocycles. The molecular formula is C8H4Cl5F. The van der Waals surface area contributed by atoms with Gasteiger partial charge in [0.1, 0.15) is 5.82 Å². The first-order valence-corrected chi connectivity index (χ1v) is 5.35. The highest BCUT2D eigenvalue weighted by Gasteiger charge is 2.48. The molecule has 1 rings (SSSR count). The lowest BCUT2D eigenvalue weighted by atomic mass is 10.1. The van der Waals surface area contributed by atoms with Crippen molar-refractivity contribution < 1.29 is 4.39 Å². The Morgan fingerprint density at radius 1 is 0.929 bits per heavy atom. The average Bonchev–Trinajstić information content (AvgIpc) is 2.02. The Balaban J connectivity index is 3.23. The van der Waals surface area contributed by atoms with Crippen LogP contribution in [0, 0.1) is 5.82 Å². The molecule has 0 saturated carbocycles. The maximum absolute atomic E-state index is 13.3. The first kappa shape index (κ1) is 12.7. The summed E-state index contributed by atoms with van der Waals surface area (Å²) in [6, 6.07) is 5.58. The molecule has 0 amide bonds. The minimum atomic E-state index is -2.00. The number of alkyl halides is 5. The molecule has 78 valence electrons. The fourth-order valence-corrected chi connectivity index (χ4v) is 1.48. The van der Waals surface area contributed by atoms with Crippen LogP contribution in [-0.4, -0.2) is 3.79 Å². The van der Waals surface area contributed by atoms with E-state index < -0.39 is 13.9 Å². The van der Waals surface area contributed by atoms with Gasteiger partial charge in [-0.3, -0.25) is 0 Å². The molecule has 14 heavy (non-hydrogen) atoms. The number of benzene rings is 1. The van der Waals surface area contributed by atoms with Crippen LogP contribution in [0.2, 0.25) is 0 Å². The normalized spacial score (nSPS) is 13.0. The molecule has 6 heteroatoms. The van der Waals surface area contributed by atoms with Crippen LogP contribution in [0.1, 0.15) is 5.56 Å². The Hall–Kier alpha value is 0.600. The van der Waals surface area contributed by atoms with Crippen LogP contribution in [0.25, 0.3) is 0 Å². The van der Waals surface area contributed by atoms with Crippen molar-refractivity contribution in [2.24, 2.45) is 0 Å². The molecule has 0 fully saturated rings. The second kappa shape index (κ2) is 4.23. The summed E-state index contributed by atoms with van der Waals surface area (Å²) in [5.74, 6) is -0.621. The first-order chi connectivity index (χ1) is 6.27. The summed E-state index contributed by atoms with van der Waals surface area (Å²) in [5.41, 5.74) is -0.0664. The van der Waals surface area contributed by atoms with Crippen LogP contribution in [0.15, 0.2) is 24.3 Å². The predicted octanol–water partition coefficient (Wildman–Crippen LogP) is 4.83. The number of halogens is 6. The highest BCUT2D eigenvalue weighted by Crippen LogP contribution is 2.53. The molecule has 0 N–H and O–H groups in total. The van der Waals surface area contributed by atoms with Gasteiger partial charge in [-0.1, -0.05) is 76.2 Å². The van der Waals surface area contributed by atoms with E-state index in [4.69, 9.17) is 58.0 Å². The lowest BCUT2D eigenvalue weighted by Gasteiger charge is -2.27. The van der Waals surface area contributed by atoms with Gasteiger partial charge >= 0.3 is 0 Å². The van der Waals surface area contributed by atoms with E-state index in [2.05, 4.69) is 0 Å². The smallest absolute Gasteiger partial charge is 0.207 e. The van der Waals surface area contributed by atoms with Gasteiger partial charge in [0, 0.05) is 5.56 Å². The average molecular weight is 296 g/mol. The van der Waals surface area contributed by atoms with E-state index in [-0.39, 0.29) is 5.56 Å². The highest BCUT2D eigenvalue weighted by atomic mass is 35.6. The van der Waals surface area contributed by atoms with Crippen LogP contribution >= 0.6 is 58.0 Å². The van der Waals surface area contributed by atoms with Gasteiger partial charge in [-0.25, -0.2) is 4.39 Å². The van der Waals surface area contributed by atoms with Gasteiger partial charge < -0.3 is 0 Å². The third kappa shape index (κ3) is 2.40. The molecule has 0 aromatic heterocycles. The molecule has 0 unspecified atom stereocenters. The summed E-state index contributed by atoms with van der Waals surface area (Å²) in [4.78, 5) is 0. The maximum Gasteiger partial charge on any atom is 0.227 e.